The van der Waals surface area contributed by atoms with Gasteiger partial charge >= 0.3 is 0 Å². The average Bonchev–Trinajstić information content (AvgIpc) is 2.97. The molecular weight excluding hydrogens is 344 g/mol. The molecule has 2 aromatic rings. The van der Waals surface area contributed by atoms with Crippen molar-refractivity contribution in [2.24, 2.45) is 5.73 Å². The van der Waals surface area contributed by atoms with Crippen LogP contribution in [0.3, 0.4) is 0 Å². The highest BCUT2D eigenvalue weighted by atomic mass is 35.5. The summed E-state index contributed by atoms with van der Waals surface area (Å²) in [6.45, 7) is 4.68. The lowest BCUT2D eigenvalue weighted by molar-refractivity contribution is -0.119. The molecule has 0 spiro atoms. The second-order valence-electron chi connectivity index (χ2n) is 6.19. The molecule has 2 heterocycles. The van der Waals surface area contributed by atoms with Crippen molar-refractivity contribution in [1.82, 2.24) is 14.7 Å². The minimum Gasteiger partial charge on any atom is -0.482 e. The highest BCUT2D eigenvalue weighted by Gasteiger charge is 2.20. The maximum atomic E-state index is 10.8. The first-order valence-corrected chi connectivity index (χ1v) is 8.46. The van der Waals surface area contributed by atoms with Gasteiger partial charge in [0.05, 0.1) is 29.1 Å². The molecule has 134 valence electrons. The zero-order chi connectivity index (χ0) is 18.0. The van der Waals surface area contributed by atoms with Gasteiger partial charge in [0.15, 0.2) is 6.61 Å². The molecule has 0 saturated carbocycles. The number of aromatic nitrogens is 2. The first-order chi connectivity index (χ1) is 11.9. The molecule has 3 N–H and O–H groups in total. The number of aliphatic hydroxyl groups excluding tert-OH is 1. The van der Waals surface area contributed by atoms with Crippen molar-refractivity contribution in [1.29, 1.82) is 0 Å². The molecule has 1 aromatic heterocycles. The van der Waals surface area contributed by atoms with E-state index in [0.717, 1.165) is 37.4 Å². The van der Waals surface area contributed by atoms with E-state index in [1.807, 2.05) is 22.9 Å². The number of hydrogen-bond donors (Lipinski definition) is 2. The molecule has 0 radical (unpaired) electrons. The number of nitrogens with zero attached hydrogens (tertiary/aromatic N) is 3. The Balaban J connectivity index is 1.64. The fourth-order valence-corrected chi connectivity index (χ4v) is 3.11. The minimum absolute atomic E-state index is 0.194. The minimum atomic E-state index is -0.557. The zero-order valence-electron chi connectivity index (χ0n) is 14.0. The first-order valence-electron chi connectivity index (χ1n) is 8.09. The van der Waals surface area contributed by atoms with Crippen molar-refractivity contribution >= 4 is 17.5 Å². The van der Waals surface area contributed by atoms with Crippen LogP contribution in [0.2, 0.25) is 5.02 Å². The molecule has 8 heteroatoms. The predicted molar refractivity (Wildman–Crippen MR) is 93.1 cm³/mol. The number of amides is 1. The number of fused-ring (bicyclic) bond motifs is 1. The molecule has 1 aliphatic rings. The van der Waals surface area contributed by atoms with Crippen molar-refractivity contribution in [2.45, 2.75) is 32.7 Å². The maximum absolute atomic E-state index is 10.8. The van der Waals surface area contributed by atoms with Gasteiger partial charge in [0.25, 0.3) is 5.91 Å². The van der Waals surface area contributed by atoms with Gasteiger partial charge < -0.3 is 15.6 Å². The number of rotatable bonds is 6. The van der Waals surface area contributed by atoms with E-state index in [-0.39, 0.29) is 6.61 Å². The number of hydrogen-bond acceptors (Lipinski definition) is 5. The topological polar surface area (TPSA) is 93.6 Å². The molecule has 0 saturated heterocycles. The summed E-state index contributed by atoms with van der Waals surface area (Å²) in [5, 5.41) is 14.5. The Morgan fingerprint density at radius 2 is 2.24 bits per heavy atom. The maximum Gasteiger partial charge on any atom is 0.255 e. The number of nitrogens with two attached hydrogens (primary N) is 1. The SMILES string of the molecule is C[C@H](O)c1cc2n(n1)CCN(Cc1ccc(OCC(N)=O)c(Cl)c1)C2. The smallest absolute Gasteiger partial charge is 0.255 e. The van der Waals surface area contributed by atoms with E-state index in [4.69, 9.17) is 22.1 Å². The second-order valence-corrected chi connectivity index (χ2v) is 6.60. The standard InChI is InChI=1S/C17H21ClN4O3/c1-11(23)15-7-13-9-21(4-5-22(13)20-15)8-12-2-3-16(14(18)6-12)25-10-17(19)24/h2-3,6-7,11,23H,4-5,8-10H2,1H3,(H2,19,24)/t11-/m0/s1. The average molecular weight is 365 g/mol. The fourth-order valence-electron chi connectivity index (χ4n) is 2.85. The Kier molecular flexibility index (Phi) is 5.27. The van der Waals surface area contributed by atoms with Crippen molar-refractivity contribution < 1.29 is 14.6 Å². The van der Waals surface area contributed by atoms with E-state index in [2.05, 4.69) is 10.00 Å². The zero-order valence-corrected chi connectivity index (χ0v) is 14.7. The van der Waals surface area contributed by atoms with Crippen LogP contribution >= 0.6 is 11.6 Å². The van der Waals surface area contributed by atoms with E-state index in [1.165, 1.54) is 0 Å². The summed E-state index contributed by atoms with van der Waals surface area (Å²) in [4.78, 5) is 13.1. The molecule has 0 unspecified atom stereocenters. The Hall–Kier alpha value is -2.09. The van der Waals surface area contributed by atoms with Gasteiger partial charge in [0.1, 0.15) is 5.75 Å². The Labute approximate surface area is 150 Å². The quantitative estimate of drug-likeness (QED) is 0.809. The van der Waals surface area contributed by atoms with Gasteiger partial charge in [0.2, 0.25) is 0 Å². The number of primary amides is 1. The van der Waals surface area contributed by atoms with Crippen molar-refractivity contribution in [2.75, 3.05) is 13.2 Å². The third kappa shape index (κ3) is 4.31. The monoisotopic (exact) mass is 364 g/mol. The van der Waals surface area contributed by atoms with Gasteiger partial charge in [0, 0.05) is 19.6 Å². The fraction of sp³-hybridized carbons (Fsp3) is 0.412. The summed E-state index contributed by atoms with van der Waals surface area (Å²) in [7, 11) is 0. The lowest BCUT2D eigenvalue weighted by atomic mass is 10.1. The van der Waals surface area contributed by atoms with Crippen LogP contribution in [0.5, 0.6) is 5.75 Å². The van der Waals surface area contributed by atoms with Gasteiger partial charge in [-0.05, 0) is 30.7 Å². The highest BCUT2D eigenvalue weighted by molar-refractivity contribution is 6.32. The third-order valence-corrected chi connectivity index (χ3v) is 4.39. The van der Waals surface area contributed by atoms with Crippen molar-refractivity contribution in [3.05, 3.63) is 46.2 Å². The molecule has 1 aromatic carbocycles. The van der Waals surface area contributed by atoms with Crippen LogP contribution in [0.15, 0.2) is 24.3 Å². The summed E-state index contributed by atoms with van der Waals surface area (Å²) in [6, 6.07) is 7.46. The predicted octanol–water partition coefficient (Wildman–Crippen LogP) is 1.47. The molecule has 1 amide bonds. The highest BCUT2D eigenvalue weighted by Crippen LogP contribution is 2.27. The van der Waals surface area contributed by atoms with Crippen LogP contribution in [0.4, 0.5) is 0 Å². The molecule has 7 nitrogen and oxygen atoms in total. The van der Waals surface area contributed by atoms with Crippen LogP contribution in [0, 0.1) is 0 Å². The molecule has 1 atom stereocenters. The normalized spacial score (nSPS) is 15.6. The summed E-state index contributed by atoms with van der Waals surface area (Å²) in [5.74, 6) is -0.0934. The number of carbonyl (C=O) groups is 1. The van der Waals surface area contributed by atoms with E-state index >= 15 is 0 Å². The molecular formula is C17H21ClN4O3. The Bertz CT molecular complexity index is 775. The molecule has 3 rings (SSSR count). The number of ether oxygens (including phenoxy) is 1. The van der Waals surface area contributed by atoms with E-state index in [9.17, 15) is 9.90 Å². The van der Waals surface area contributed by atoms with E-state index in [0.29, 0.717) is 16.5 Å². The number of carbonyl (C=O) groups excluding carboxylic acids is 1. The van der Waals surface area contributed by atoms with Gasteiger partial charge in [-0.3, -0.25) is 14.4 Å². The van der Waals surface area contributed by atoms with Crippen molar-refractivity contribution in [3.8, 4) is 5.75 Å². The summed E-state index contributed by atoms with van der Waals surface area (Å²) in [5.41, 5.74) is 7.92. The molecule has 1 aliphatic heterocycles. The molecule has 0 aliphatic carbocycles. The third-order valence-electron chi connectivity index (χ3n) is 4.10. The van der Waals surface area contributed by atoms with Crippen LogP contribution in [0.1, 0.15) is 30.0 Å². The van der Waals surface area contributed by atoms with E-state index in [1.54, 1.807) is 13.0 Å². The van der Waals surface area contributed by atoms with E-state index < -0.39 is 12.0 Å². The van der Waals surface area contributed by atoms with Crippen LogP contribution in [0.25, 0.3) is 0 Å². The molecule has 25 heavy (non-hydrogen) atoms. The number of benzene rings is 1. The summed E-state index contributed by atoms with van der Waals surface area (Å²) >= 11 is 6.21. The lowest BCUT2D eigenvalue weighted by Gasteiger charge is -2.27. The first kappa shape index (κ1) is 17.7. The lowest BCUT2D eigenvalue weighted by Crippen LogP contribution is -2.33. The van der Waals surface area contributed by atoms with Gasteiger partial charge in [-0.1, -0.05) is 17.7 Å². The van der Waals surface area contributed by atoms with Gasteiger partial charge in [-0.15, -0.1) is 0 Å². The van der Waals surface area contributed by atoms with Crippen LogP contribution in [-0.4, -0.2) is 38.8 Å². The van der Waals surface area contributed by atoms with Crippen LogP contribution < -0.4 is 10.5 Å². The Morgan fingerprint density at radius 3 is 2.92 bits per heavy atom. The van der Waals surface area contributed by atoms with Crippen molar-refractivity contribution in [3.63, 3.8) is 0 Å². The molecule has 0 fully saturated rings. The molecule has 0 bridgehead atoms. The Morgan fingerprint density at radius 1 is 1.44 bits per heavy atom. The number of halogens is 1. The number of aliphatic hydroxyl groups is 1. The largest absolute Gasteiger partial charge is 0.482 e. The van der Waals surface area contributed by atoms with Gasteiger partial charge in [-0.25, -0.2) is 0 Å². The second kappa shape index (κ2) is 7.43. The summed E-state index contributed by atoms with van der Waals surface area (Å²) < 4.78 is 7.21. The van der Waals surface area contributed by atoms with Gasteiger partial charge in [-0.2, -0.15) is 5.10 Å². The summed E-state index contributed by atoms with van der Waals surface area (Å²) in [6.07, 6.45) is -0.557. The van der Waals surface area contributed by atoms with Crippen LogP contribution in [-0.2, 0) is 24.4 Å².